The highest BCUT2D eigenvalue weighted by atomic mass is 35.5. The molecule has 0 atom stereocenters. The number of nitrogens with zero attached hydrogens (tertiary/aromatic N) is 3. The molecule has 0 unspecified atom stereocenters. The van der Waals surface area contributed by atoms with Gasteiger partial charge < -0.3 is 4.42 Å². The fourth-order valence-electron chi connectivity index (χ4n) is 2.61. The largest absolute Gasteiger partial charge is 0.457 e. The van der Waals surface area contributed by atoms with Gasteiger partial charge in [-0.05, 0) is 36.4 Å². The summed E-state index contributed by atoms with van der Waals surface area (Å²) in [6, 6.07) is 14.9. The molecule has 0 spiro atoms. The number of hydrogen-bond acceptors (Lipinski definition) is 5. The lowest BCUT2D eigenvalue weighted by atomic mass is 10.2. The molecule has 0 saturated heterocycles. The lowest BCUT2D eigenvalue weighted by Gasteiger charge is -2.02. The quantitative estimate of drug-likeness (QED) is 0.337. The number of aromatic nitrogens is 2. The van der Waals surface area contributed by atoms with E-state index in [1.807, 2.05) is 23.6 Å². The fraction of sp³-hybridized carbons (Fsp3) is 0. The molecule has 4 nitrogen and oxygen atoms in total. The number of thiazole rings is 1. The van der Waals surface area contributed by atoms with Gasteiger partial charge >= 0.3 is 0 Å². The number of furan rings is 1. The third-order valence-corrected chi connectivity index (χ3v) is 5.66. The van der Waals surface area contributed by atoms with E-state index in [4.69, 9.17) is 27.6 Å². The van der Waals surface area contributed by atoms with Crippen LogP contribution in [-0.4, -0.2) is 9.97 Å². The van der Waals surface area contributed by atoms with E-state index in [9.17, 15) is 5.26 Å². The summed E-state index contributed by atoms with van der Waals surface area (Å²) in [6.45, 7) is 0. The maximum Gasteiger partial charge on any atom is 0.136 e. The zero-order valence-electron chi connectivity index (χ0n) is 14.3. The van der Waals surface area contributed by atoms with Crippen LogP contribution in [0, 0.1) is 11.3 Å². The van der Waals surface area contributed by atoms with E-state index < -0.39 is 0 Å². The van der Waals surface area contributed by atoms with Crippen molar-refractivity contribution >= 4 is 46.2 Å². The predicted molar refractivity (Wildman–Crippen MR) is 113 cm³/mol. The number of hydrogen-bond donors (Lipinski definition) is 0. The van der Waals surface area contributed by atoms with Crippen molar-refractivity contribution in [3.63, 3.8) is 0 Å². The first-order valence-electron chi connectivity index (χ1n) is 8.18. The van der Waals surface area contributed by atoms with E-state index in [-0.39, 0.29) is 0 Å². The number of nitriles is 1. The Hall–Kier alpha value is -2.91. The molecule has 3 aromatic heterocycles. The Morgan fingerprint density at radius 2 is 1.93 bits per heavy atom. The Morgan fingerprint density at radius 3 is 2.71 bits per heavy atom. The summed E-state index contributed by atoms with van der Waals surface area (Å²) in [5.74, 6) is 1.11. The molecule has 4 rings (SSSR count). The Bertz CT molecular complexity index is 1210. The van der Waals surface area contributed by atoms with E-state index in [1.165, 1.54) is 11.3 Å². The van der Waals surface area contributed by atoms with Crippen LogP contribution in [0.25, 0.3) is 34.2 Å². The lowest BCUT2D eigenvalue weighted by Crippen LogP contribution is -1.82. The molecular weight excluding hydrogens is 413 g/mol. The van der Waals surface area contributed by atoms with Crippen LogP contribution in [0.1, 0.15) is 10.8 Å². The van der Waals surface area contributed by atoms with Crippen LogP contribution >= 0.6 is 34.5 Å². The molecule has 3 heterocycles. The van der Waals surface area contributed by atoms with E-state index in [0.717, 1.165) is 11.3 Å². The van der Waals surface area contributed by atoms with Gasteiger partial charge in [-0.2, -0.15) is 5.26 Å². The average molecular weight is 424 g/mol. The number of benzene rings is 1. The third-order valence-electron chi connectivity index (χ3n) is 3.96. The maximum absolute atomic E-state index is 9.58. The number of rotatable bonds is 4. The maximum atomic E-state index is 9.58. The molecule has 0 saturated carbocycles. The number of allylic oxidation sites excluding steroid dienone is 1. The van der Waals surface area contributed by atoms with Crippen molar-refractivity contribution in [1.29, 1.82) is 5.26 Å². The third kappa shape index (κ3) is 3.71. The summed E-state index contributed by atoms with van der Waals surface area (Å²) in [5.41, 5.74) is 2.87. The smallest absolute Gasteiger partial charge is 0.136 e. The standard InChI is InChI=1S/C21H11Cl2N3OS/c22-17-3-1-2-16(20(17)23)19-5-4-15(27-19)10-14(11-24)21-26-18(12-28-21)13-6-8-25-9-7-13/h1-10,12H. The second-order valence-corrected chi connectivity index (χ2v) is 7.39. The summed E-state index contributed by atoms with van der Waals surface area (Å²) in [4.78, 5) is 8.56. The van der Waals surface area contributed by atoms with Crippen molar-refractivity contribution in [2.45, 2.75) is 0 Å². The minimum absolute atomic E-state index is 0.420. The van der Waals surface area contributed by atoms with Crippen molar-refractivity contribution in [2.75, 3.05) is 0 Å². The minimum Gasteiger partial charge on any atom is -0.457 e. The summed E-state index contributed by atoms with van der Waals surface area (Å²) >= 11 is 13.7. The molecule has 0 fully saturated rings. The van der Waals surface area contributed by atoms with Crippen LogP contribution in [0.3, 0.4) is 0 Å². The fourth-order valence-corrected chi connectivity index (χ4v) is 3.79. The van der Waals surface area contributed by atoms with Gasteiger partial charge in [0.1, 0.15) is 22.6 Å². The van der Waals surface area contributed by atoms with Crippen molar-refractivity contribution in [3.05, 3.63) is 81.1 Å². The van der Waals surface area contributed by atoms with Crippen LogP contribution in [0.5, 0.6) is 0 Å². The second-order valence-electron chi connectivity index (χ2n) is 5.75. The zero-order valence-corrected chi connectivity index (χ0v) is 16.6. The predicted octanol–water partition coefficient (Wildman–Crippen LogP) is 6.84. The van der Waals surface area contributed by atoms with Crippen LogP contribution in [0.2, 0.25) is 10.0 Å². The first-order valence-corrected chi connectivity index (χ1v) is 9.81. The van der Waals surface area contributed by atoms with Crippen molar-refractivity contribution in [2.24, 2.45) is 0 Å². The van der Waals surface area contributed by atoms with E-state index >= 15 is 0 Å². The molecule has 7 heteroatoms. The molecule has 0 radical (unpaired) electrons. The van der Waals surface area contributed by atoms with Gasteiger partial charge in [0.05, 0.1) is 21.3 Å². The SMILES string of the molecule is N#CC(=Cc1ccc(-c2cccc(Cl)c2Cl)o1)c1nc(-c2ccncc2)cs1. The normalized spacial score (nSPS) is 11.4. The first-order chi connectivity index (χ1) is 13.7. The molecule has 4 aromatic rings. The molecule has 0 aliphatic heterocycles. The van der Waals surface area contributed by atoms with Gasteiger partial charge in [0.25, 0.3) is 0 Å². The van der Waals surface area contributed by atoms with E-state index in [1.54, 1.807) is 42.7 Å². The van der Waals surface area contributed by atoms with Gasteiger partial charge in [-0.1, -0.05) is 29.3 Å². The molecular formula is C21H11Cl2N3OS. The molecule has 136 valence electrons. The first kappa shape index (κ1) is 18.5. The van der Waals surface area contributed by atoms with Crippen LogP contribution < -0.4 is 0 Å². The monoisotopic (exact) mass is 423 g/mol. The Kier molecular flexibility index (Phi) is 5.27. The lowest BCUT2D eigenvalue weighted by molar-refractivity contribution is 0.572. The topological polar surface area (TPSA) is 62.7 Å². The number of halogens is 2. The van der Waals surface area contributed by atoms with E-state index in [0.29, 0.717) is 37.7 Å². The zero-order chi connectivity index (χ0) is 19.5. The highest BCUT2D eigenvalue weighted by Crippen LogP contribution is 2.35. The summed E-state index contributed by atoms with van der Waals surface area (Å²) < 4.78 is 5.85. The molecule has 0 amide bonds. The second kappa shape index (κ2) is 7.99. The summed E-state index contributed by atoms with van der Waals surface area (Å²) in [6.07, 6.45) is 5.08. The van der Waals surface area contributed by atoms with Gasteiger partial charge in [0.15, 0.2) is 0 Å². The van der Waals surface area contributed by atoms with Gasteiger partial charge in [-0.3, -0.25) is 4.98 Å². The van der Waals surface area contributed by atoms with Gasteiger partial charge in [0, 0.05) is 35.0 Å². The molecule has 1 aromatic carbocycles. The molecule has 0 bridgehead atoms. The van der Waals surface area contributed by atoms with Gasteiger partial charge in [0.2, 0.25) is 0 Å². The highest BCUT2D eigenvalue weighted by molar-refractivity contribution is 7.11. The van der Waals surface area contributed by atoms with Crippen molar-refractivity contribution in [1.82, 2.24) is 9.97 Å². The Labute approximate surface area is 175 Å². The van der Waals surface area contributed by atoms with Crippen molar-refractivity contribution in [3.8, 4) is 28.7 Å². The Morgan fingerprint density at radius 1 is 1.11 bits per heavy atom. The molecule has 0 N–H and O–H groups in total. The molecule has 0 aliphatic rings. The summed E-state index contributed by atoms with van der Waals surface area (Å²) in [7, 11) is 0. The van der Waals surface area contributed by atoms with Gasteiger partial charge in [-0.15, -0.1) is 11.3 Å². The molecule has 0 aliphatic carbocycles. The van der Waals surface area contributed by atoms with Crippen LogP contribution in [-0.2, 0) is 0 Å². The van der Waals surface area contributed by atoms with Crippen LogP contribution in [0.15, 0.2) is 64.7 Å². The van der Waals surface area contributed by atoms with Crippen molar-refractivity contribution < 1.29 is 4.42 Å². The Balaban J connectivity index is 1.65. The average Bonchev–Trinajstić information content (AvgIpc) is 3.39. The van der Waals surface area contributed by atoms with E-state index in [2.05, 4.69) is 16.0 Å². The van der Waals surface area contributed by atoms with Gasteiger partial charge in [-0.25, -0.2) is 4.98 Å². The molecule has 28 heavy (non-hydrogen) atoms. The highest BCUT2D eigenvalue weighted by Gasteiger charge is 2.13. The minimum atomic E-state index is 0.420. The van der Waals surface area contributed by atoms with Crippen LogP contribution in [0.4, 0.5) is 0 Å². The number of pyridine rings is 1. The summed E-state index contributed by atoms with van der Waals surface area (Å²) in [5, 5.41) is 13.0.